The van der Waals surface area contributed by atoms with Crippen molar-refractivity contribution < 1.29 is 4.74 Å². The molecule has 17 heavy (non-hydrogen) atoms. The Morgan fingerprint density at radius 2 is 2.24 bits per heavy atom. The molecule has 90 valence electrons. The number of halogens is 1. The van der Waals surface area contributed by atoms with Gasteiger partial charge in [0, 0.05) is 17.6 Å². The summed E-state index contributed by atoms with van der Waals surface area (Å²) in [5, 5.41) is 8.60. The number of methoxy groups -OCH3 is 1. The zero-order valence-corrected chi connectivity index (χ0v) is 10.4. The number of rotatable bonds is 3. The third-order valence-corrected chi connectivity index (χ3v) is 2.86. The largest absolute Gasteiger partial charge is 0.494 e. The molecule has 0 bridgehead atoms. The zero-order chi connectivity index (χ0) is 12.4. The summed E-state index contributed by atoms with van der Waals surface area (Å²) in [7, 11) is 1.59. The number of aryl methyl sites for hydroxylation is 1. The third kappa shape index (κ3) is 2.25. The Hall–Kier alpha value is -1.59. The molecule has 2 aromatic rings. The quantitative estimate of drug-likeness (QED) is 0.903. The van der Waals surface area contributed by atoms with Crippen molar-refractivity contribution in [1.82, 2.24) is 15.0 Å². The molecule has 0 amide bonds. The summed E-state index contributed by atoms with van der Waals surface area (Å²) in [4.78, 5) is 0. The summed E-state index contributed by atoms with van der Waals surface area (Å²) in [5.41, 5.74) is 7.96. The average molecular weight is 253 g/mol. The lowest BCUT2D eigenvalue weighted by Crippen LogP contribution is -2.00. The van der Waals surface area contributed by atoms with Crippen molar-refractivity contribution in [3.8, 4) is 11.4 Å². The molecule has 0 fully saturated rings. The molecule has 6 heteroatoms. The molecular formula is C11H13ClN4O. The highest BCUT2D eigenvalue weighted by Gasteiger charge is 2.10. The van der Waals surface area contributed by atoms with E-state index in [1.807, 2.05) is 13.0 Å². The smallest absolute Gasteiger partial charge is 0.146 e. The monoisotopic (exact) mass is 252 g/mol. The second kappa shape index (κ2) is 4.73. The maximum atomic E-state index is 6.04. The SMILES string of the molecule is COc1cc(Cl)c(C)cc1-n1cc(CN)nn1. The van der Waals surface area contributed by atoms with Crippen LogP contribution in [0.5, 0.6) is 5.75 Å². The fourth-order valence-electron chi connectivity index (χ4n) is 1.50. The van der Waals surface area contributed by atoms with Gasteiger partial charge >= 0.3 is 0 Å². The van der Waals surface area contributed by atoms with Crippen LogP contribution < -0.4 is 10.5 Å². The molecule has 2 rings (SSSR count). The van der Waals surface area contributed by atoms with Crippen LogP contribution in [0.4, 0.5) is 0 Å². The molecule has 1 heterocycles. The van der Waals surface area contributed by atoms with Gasteiger partial charge in [0.25, 0.3) is 0 Å². The van der Waals surface area contributed by atoms with Crippen LogP contribution in [0.25, 0.3) is 5.69 Å². The molecule has 0 aliphatic rings. The first-order chi connectivity index (χ1) is 8.15. The number of nitrogens with zero attached hydrogens (tertiary/aromatic N) is 3. The number of ether oxygens (including phenoxy) is 1. The summed E-state index contributed by atoms with van der Waals surface area (Å²) in [6, 6.07) is 3.66. The lowest BCUT2D eigenvalue weighted by Gasteiger charge is -2.10. The minimum atomic E-state index is 0.356. The van der Waals surface area contributed by atoms with Crippen LogP contribution in [0, 0.1) is 6.92 Å². The van der Waals surface area contributed by atoms with Crippen LogP contribution in [-0.4, -0.2) is 22.1 Å². The summed E-state index contributed by atoms with van der Waals surface area (Å²) in [5.74, 6) is 0.647. The van der Waals surface area contributed by atoms with Gasteiger partial charge in [0.05, 0.1) is 19.0 Å². The molecule has 0 aliphatic carbocycles. The summed E-state index contributed by atoms with van der Waals surface area (Å²) < 4.78 is 6.90. The van der Waals surface area contributed by atoms with Crippen molar-refractivity contribution in [2.75, 3.05) is 7.11 Å². The lowest BCUT2D eigenvalue weighted by molar-refractivity contribution is 0.411. The average Bonchev–Trinajstić information content (AvgIpc) is 2.80. The van der Waals surface area contributed by atoms with Gasteiger partial charge in [-0.15, -0.1) is 5.10 Å². The van der Waals surface area contributed by atoms with Crippen LogP contribution in [-0.2, 0) is 6.54 Å². The number of hydrogen-bond acceptors (Lipinski definition) is 4. The molecule has 0 saturated heterocycles. The van der Waals surface area contributed by atoms with Crippen molar-refractivity contribution in [2.45, 2.75) is 13.5 Å². The van der Waals surface area contributed by atoms with Crippen LogP contribution in [0.1, 0.15) is 11.3 Å². The van der Waals surface area contributed by atoms with Gasteiger partial charge in [0.15, 0.2) is 0 Å². The van der Waals surface area contributed by atoms with Gasteiger partial charge in [-0.2, -0.15) is 0 Å². The van der Waals surface area contributed by atoms with Gasteiger partial charge in [0.1, 0.15) is 11.4 Å². The van der Waals surface area contributed by atoms with Crippen LogP contribution in [0.2, 0.25) is 5.02 Å². The Morgan fingerprint density at radius 3 is 2.82 bits per heavy atom. The Bertz CT molecular complexity index is 538. The Morgan fingerprint density at radius 1 is 1.47 bits per heavy atom. The van der Waals surface area contributed by atoms with Gasteiger partial charge < -0.3 is 10.5 Å². The molecular weight excluding hydrogens is 240 g/mol. The van der Waals surface area contributed by atoms with Gasteiger partial charge in [-0.1, -0.05) is 16.8 Å². The molecule has 0 aliphatic heterocycles. The van der Waals surface area contributed by atoms with E-state index in [0.29, 0.717) is 17.3 Å². The first-order valence-electron chi connectivity index (χ1n) is 5.11. The molecule has 0 atom stereocenters. The summed E-state index contributed by atoms with van der Waals surface area (Å²) in [6.45, 7) is 2.28. The number of benzene rings is 1. The van der Waals surface area contributed by atoms with Gasteiger partial charge in [0.2, 0.25) is 0 Å². The van der Waals surface area contributed by atoms with Gasteiger partial charge in [-0.3, -0.25) is 0 Å². The molecule has 5 nitrogen and oxygen atoms in total. The highest BCUT2D eigenvalue weighted by molar-refractivity contribution is 6.31. The van der Waals surface area contributed by atoms with Crippen molar-refractivity contribution >= 4 is 11.6 Å². The molecule has 0 unspecified atom stereocenters. The summed E-state index contributed by atoms with van der Waals surface area (Å²) >= 11 is 6.04. The van der Waals surface area contributed by atoms with E-state index in [9.17, 15) is 0 Å². The Balaban J connectivity index is 2.53. The predicted octanol–water partition coefficient (Wildman–Crippen LogP) is 1.70. The van der Waals surface area contributed by atoms with E-state index in [2.05, 4.69) is 10.3 Å². The van der Waals surface area contributed by atoms with Crippen LogP contribution in [0.15, 0.2) is 18.3 Å². The predicted molar refractivity (Wildman–Crippen MR) is 65.5 cm³/mol. The molecule has 0 saturated carbocycles. The second-order valence-electron chi connectivity index (χ2n) is 3.63. The van der Waals surface area contributed by atoms with E-state index < -0.39 is 0 Å². The molecule has 1 aromatic heterocycles. The number of hydrogen-bond donors (Lipinski definition) is 1. The second-order valence-corrected chi connectivity index (χ2v) is 4.04. The minimum absolute atomic E-state index is 0.356. The molecule has 0 radical (unpaired) electrons. The van der Waals surface area contributed by atoms with Crippen LogP contribution >= 0.6 is 11.6 Å². The fourth-order valence-corrected chi connectivity index (χ4v) is 1.65. The summed E-state index contributed by atoms with van der Waals surface area (Å²) in [6.07, 6.45) is 1.77. The normalized spacial score (nSPS) is 10.6. The third-order valence-electron chi connectivity index (χ3n) is 2.46. The van der Waals surface area contributed by atoms with E-state index in [4.69, 9.17) is 22.1 Å². The van der Waals surface area contributed by atoms with Crippen molar-refractivity contribution in [1.29, 1.82) is 0 Å². The van der Waals surface area contributed by atoms with E-state index in [1.165, 1.54) is 0 Å². The van der Waals surface area contributed by atoms with E-state index in [0.717, 1.165) is 16.9 Å². The highest BCUT2D eigenvalue weighted by atomic mass is 35.5. The molecule has 1 aromatic carbocycles. The molecule has 2 N–H and O–H groups in total. The van der Waals surface area contributed by atoms with E-state index in [-0.39, 0.29) is 0 Å². The lowest BCUT2D eigenvalue weighted by atomic mass is 10.2. The zero-order valence-electron chi connectivity index (χ0n) is 9.64. The van der Waals surface area contributed by atoms with E-state index in [1.54, 1.807) is 24.1 Å². The number of aromatic nitrogens is 3. The number of nitrogens with two attached hydrogens (primary N) is 1. The standard InChI is InChI=1S/C11H13ClN4O/c1-7-3-10(11(17-2)4-9(7)12)16-6-8(5-13)14-15-16/h3-4,6H,5,13H2,1-2H3. The first kappa shape index (κ1) is 11.9. The van der Waals surface area contributed by atoms with Crippen molar-refractivity contribution in [3.63, 3.8) is 0 Å². The van der Waals surface area contributed by atoms with Crippen molar-refractivity contribution in [2.24, 2.45) is 5.73 Å². The maximum Gasteiger partial charge on any atom is 0.146 e. The highest BCUT2D eigenvalue weighted by Crippen LogP contribution is 2.29. The Labute approximate surface area is 104 Å². The van der Waals surface area contributed by atoms with Gasteiger partial charge in [-0.25, -0.2) is 4.68 Å². The first-order valence-corrected chi connectivity index (χ1v) is 5.49. The Kier molecular flexibility index (Phi) is 3.31. The van der Waals surface area contributed by atoms with E-state index >= 15 is 0 Å². The van der Waals surface area contributed by atoms with Crippen molar-refractivity contribution in [3.05, 3.63) is 34.6 Å². The topological polar surface area (TPSA) is 66.0 Å². The minimum Gasteiger partial charge on any atom is -0.494 e. The fraction of sp³-hybridized carbons (Fsp3) is 0.273. The van der Waals surface area contributed by atoms with Crippen LogP contribution in [0.3, 0.4) is 0 Å². The maximum absolute atomic E-state index is 6.04. The van der Waals surface area contributed by atoms with Gasteiger partial charge in [-0.05, 0) is 18.6 Å². The molecule has 0 spiro atoms.